The van der Waals surface area contributed by atoms with Crippen molar-refractivity contribution >= 4 is 6.03 Å². The van der Waals surface area contributed by atoms with Crippen molar-refractivity contribution in [2.75, 3.05) is 13.2 Å². The maximum atomic E-state index is 11.4. The van der Waals surface area contributed by atoms with Crippen LogP contribution in [0.1, 0.15) is 32.1 Å². The van der Waals surface area contributed by atoms with Crippen LogP contribution in [0, 0.1) is 11.8 Å². The van der Waals surface area contributed by atoms with Crippen LogP contribution in [-0.4, -0.2) is 30.3 Å². The molecule has 0 saturated heterocycles. The van der Waals surface area contributed by atoms with E-state index in [4.69, 9.17) is 5.11 Å². The van der Waals surface area contributed by atoms with Crippen LogP contribution in [0.3, 0.4) is 0 Å². The van der Waals surface area contributed by atoms with Crippen LogP contribution < -0.4 is 10.6 Å². The first kappa shape index (κ1) is 10.7. The quantitative estimate of drug-likeness (QED) is 0.647. The van der Waals surface area contributed by atoms with Gasteiger partial charge in [-0.3, -0.25) is 0 Å². The summed E-state index contributed by atoms with van der Waals surface area (Å²) in [5, 5.41) is 14.9. The van der Waals surface area contributed by atoms with Gasteiger partial charge >= 0.3 is 6.03 Å². The van der Waals surface area contributed by atoms with Gasteiger partial charge in [0, 0.05) is 19.2 Å². The second-order valence-corrected chi connectivity index (χ2v) is 4.76. The smallest absolute Gasteiger partial charge is 0.315 e. The van der Waals surface area contributed by atoms with Gasteiger partial charge in [-0.2, -0.15) is 0 Å². The van der Waals surface area contributed by atoms with Crippen LogP contribution in [0.5, 0.6) is 0 Å². The molecular weight excluding hydrogens is 192 g/mol. The molecule has 0 radical (unpaired) electrons. The van der Waals surface area contributed by atoms with Gasteiger partial charge in [0.05, 0.1) is 0 Å². The Kier molecular flexibility index (Phi) is 3.46. The lowest BCUT2D eigenvalue weighted by Crippen LogP contribution is -2.40. The van der Waals surface area contributed by atoms with Crippen molar-refractivity contribution in [1.29, 1.82) is 0 Å². The molecule has 4 heteroatoms. The number of hydrogen-bond acceptors (Lipinski definition) is 2. The Morgan fingerprint density at radius 2 is 1.93 bits per heavy atom. The van der Waals surface area contributed by atoms with E-state index in [2.05, 4.69) is 10.6 Å². The van der Waals surface area contributed by atoms with E-state index in [1.165, 1.54) is 6.42 Å². The predicted octanol–water partition coefficient (Wildman–Crippen LogP) is 0.857. The lowest BCUT2D eigenvalue weighted by molar-refractivity contribution is 0.190. The first-order valence-corrected chi connectivity index (χ1v) is 5.95. The number of hydrogen-bond donors (Lipinski definition) is 3. The molecule has 2 rings (SSSR count). The minimum absolute atomic E-state index is 0.0407. The van der Waals surface area contributed by atoms with Gasteiger partial charge in [-0.15, -0.1) is 0 Å². The van der Waals surface area contributed by atoms with Crippen LogP contribution in [0.25, 0.3) is 0 Å². The molecule has 0 aromatic rings. The number of rotatable bonds is 4. The molecule has 0 aliphatic heterocycles. The van der Waals surface area contributed by atoms with E-state index in [-0.39, 0.29) is 12.6 Å². The lowest BCUT2D eigenvalue weighted by atomic mass is 9.97. The first-order valence-electron chi connectivity index (χ1n) is 5.95. The second-order valence-electron chi connectivity index (χ2n) is 4.76. The molecule has 86 valence electrons. The summed E-state index contributed by atoms with van der Waals surface area (Å²) in [4.78, 5) is 11.4. The minimum atomic E-state index is -0.0407. The highest BCUT2D eigenvalue weighted by atomic mass is 16.3. The van der Waals surface area contributed by atoms with Gasteiger partial charge in [0.2, 0.25) is 0 Å². The molecule has 4 nitrogen and oxygen atoms in total. The maximum absolute atomic E-state index is 11.4. The number of carbonyl (C=O) groups is 1. The number of aliphatic hydroxyl groups excluding tert-OH is 1. The predicted molar refractivity (Wildman–Crippen MR) is 57.5 cm³/mol. The van der Waals surface area contributed by atoms with Gasteiger partial charge in [-0.05, 0) is 37.5 Å². The molecule has 2 aliphatic carbocycles. The van der Waals surface area contributed by atoms with E-state index in [0.29, 0.717) is 24.4 Å². The molecule has 15 heavy (non-hydrogen) atoms. The Balaban J connectivity index is 1.65. The van der Waals surface area contributed by atoms with Crippen molar-refractivity contribution < 1.29 is 9.90 Å². The Hall–Kier alpha value is -0.770. The molecule has 0 spiro atoms. The highest BCUT2D eigenvalue weighted by Gasteiger charge is 2.27. The molecule has 3 N–H and O–H groups in total. The lowest BCUT2D eigenvalue weighted by Gasteiger charge is -2.17. The fraction of sp³-hybridized carbons (Fsp3) is 0.909. The third kappa shape index (κ3) is 3.09. The van der Waals surface area contributed by atoms with E-state index in [1.807, 2.05) is 0 Å². The van der Waals surface area contributed by atoms with E-state index in [0.717, 1.165) is 25.7 Å². The summed E-state index contributed by atoms with van der Waals surface area (Å²) < 4.78 is 0. The molecule has 2 fully saturated rings. The number of urea groups is 1. The van der Waals surface area contributed by atoms with E-state index in [9.17, 15) is 4.79 Å². The summed E-state index contributed by atoms with van der Waals surface area (Å²) in [5.74, 6) is 0.867. The van der Waals surface area contributed by atoms with Gasteiger partial charge in [-0.1, -0.05) is 6.42 Å². The molecule has 2 aliphatic rings. The Morgan fingerprint density at radius 1 is 1.20 bits per heavy atom. The number of nitrogens with one attached hydrogen (secondary N) is 2. The summed E-state index contributed by atoms with van der Waals surface area (Å²) in [7, 11) is 0. The summed E-state index contributed by atoms with van der Waals surface area (Å²) in [6.07, 6.45) is 5.66. The molecule has 0 aromatic heterocycles. The van der Waals surface area contributed by atoms with E-state index < -0.39 is 0 Å². The maximum Gasteiger partial charge on any atom is 0.315 e. The van der Waals surface area contributed by atoms with Crippen LogP contribution in [0.2, 0.25) is 0 Å². The zero-order valence-electron chi connectivity index (χ0n) is 9.04. The monoisotopic (exact) mass is 212 g/mol. The van der Waals surface area contributed by atoms with Crippen molar-refractivity contribution in [2.24, 2.45) is 11.8 Å². The molecule has 2 atom stereocenters. The minimum Gasteiger partial charge on any atom is -0.396 e. The topological polar surface area (TPSA) is 61.4 Å². The van der Waals surface area contributed by atoms with Crippen LogP contribution >= 0.6 is 0 Å². The Labute approximate surface area is 90.4 Å². The summed E-state index contributed by atoms with van der Waals surface area (Å²) in [6, 6.07) is 0.378. The molecule has 0 heterocycles. The Morgan fingerprint density at radius 3 is 2.60 bits per heavy atom. The fourth-order valence-corrected chi connectivity index (χ4v) is 2.31. The molecule has 0 aromatic carbocycles. The van der Waals surface area contributed by atoms with Gasteiger partial charge in [0.25, 0.3) is 0 Å². The van der Waals surface area contributed by atoms with Crippen molar-refractivity contribution in [1.82, 2.24) is 10.6 Å². The number of aliphatic hydroxyl groups is 1. The highest BCUT2D eigenvalue weighted by molar-refractivity contribution is 5.74. The zero-order valence-corrected chi connectivity index (χ0v) is 9.04. The zero-order chi connectivity index (χ0) is 10.7. The largest absolute Gasteiger partial charge is 0.396 e. The molecule has 0 bridgehead atoms. The summed E-state index contributed by atoms with van der Waals surface area (Å²) in [6.45, 7) is 0.973. The van der Waals surface area contributed by atoms with Crippen LogP contribution in [0.15, 0.2) is 0 Å². The Bertz CT molecular complexity index is 229. The van der Waals surface area contributed by atoms with E-state index in [1.54, 1.807) is 0 Å². The summed E-state index contributed by atoms with van der Waals surface area (Å²) in [5.41, 5.74) is 0. The first-order chi connectivity index (χ1) is 7.29. The average Bonchev–Trinajstić information content (AvgIpc) is 2.92. The van der Waals surface area contributed by atoms with Crippen LogP contribution in [-0.2, 0) is 0 Å². The molecular formula is C11H20N2O2. The average molecular weight is 212 g/mol. The standard InChI is InChI=1S/C11H20N2O2/c14-7-9-3-1-2-8(9)6-12-11(15)13-10-4-5-10/h8-10,14H,1-7H2,(H2,12,13,15). The fourth-order valence-electron chi connectivity index (χ4n) is 2.31. The van der Waals surface area contributed by atoms with Gasteiger partial charge in [0.15, 0.2) is 0 Å². The summed E-state index contributed by atoms with van der Waals surface area (Å²) >= 11 is 0. The van der Waals surface area contributed by atoms with E-state index >= 15 is 0 Å². The normalized spacial score (nSPS) is 30.2. The third-order valence-corrected chi connectivity index (χ3v) is 3.49. The van der Waals surface area contributed by atoms with Gasteiger partial charge in [-0.25, -0.2) is 4.79 Å². The van der Waals surface area contributed by atoms with Crippen molar-refractivity contribution in [2.45, 2.75) is 38.1 Å². The van der Waals surface area contributed by atoms with Crippen molar-refractivity contribution in [3.63, 3.8) is 0 Å². The van der Waals surface area contributed by atoms with Crippen molar-refractivity contribution in [3.8, 4) is 0 Å². The SMILES string of the molecule is O=C(NCC1CCCC1CO)NC1CC1. The molecule has 2 amide bonds. The second kappa shape index (κ2) is 4.84. The number of amides is 2. The van der Waals surface area contributed by atoms with Gasteiger partial charge < -0.3 is 15.7 Å². The van der Waals surface area contributed by atoms with Gasteiger partial charge in [0.1, 0.15) is 0 Å². The van der Waals surface area contributed by atoms with Crippen LogP contribution in [0.4, 0.5) is 4.79 Å². The van der Waals surface area contributed by atoms with Crippen molar-refractivity contribution in [3.05, 3.63) is 0 Å². The highest BCUT2D eigenvalue weighted by Crippen LogP contribution is 2.30. The molecule has 2 saturated carbocycles. The third-order valence-electron chi connectivity index (χ3n) is 3.49. The number of carbonyl (C=O) groups excluding carboxylic acids is 1. The molecule has 2 unspecified atom stereocenters.